The fourth-order valence-electron chi connectivity index (χ4n) is 1.76. The van der Waals surface area contributed by atoms with Crippen molar-refractivity contribution < 1.29 is 4.74 Å². The van der Waals surface area contributed by atoms with E-state index in [9.17, 15) is 0 Å². The van der Waals surface area contributed by atoms with Crippen LogP contribution in [0, 0.1) is 6.92 Å². The molecule has 2 aromatic rings. The molecule has 1 aromatic carbocycles. The normalized spacial score (nSPS) is 10.4. The van der Waals surface area contributed by atoms with E-state index in [1.807, 2.05) is 23.8 Å². The summed E-state index contributed by atoms with van der Waals surface area (Å²) in [7, 11) is 0. The summed E-state index contributed by atoms with van der Waals surface area (Å²) in [5, 5.41) is 0.504. The molecule has 0 saturated heterocycles. The van der Waals surface area contributed by atoms with Crippen LogP contribution < -0.4 is 10.5 Å². The fourth-order valence-corrected chi connectivity index (χ4v) is 2.29. The van der Waals surface area contributed by atoms with Crippen molar-refractivity contribution in [1.29, 1.82) is 0 Å². The lowest BCUT2D eigenvalue weighted by molar-refractivity contribution is 0.296. The van der Waals surface area contributed by atoms with Crippen LogP contribution in [0.1, 0.15) is 11.4 Å². The Labute approximate surface area is 122 Å². The maximum atomic E-state index is 6.07. The quantitative estimate of drug-likeness (QED) is 0.861. The van der Waals surface area contributed by atoms with Crippen LogP contribution in [0.5, 0.6) is 5.75 Å². The Kier molecular flexibility index (Phi) is 4.39. The van der Waals surface area contributed by atoms with E-state index in [0.717, 1.165) is 5.82 Å². The van der Waals surface area contributed by atoms with Gasteiger partial charge in [0.1, 0.15) is 23.2 Å². The van der Waals surface area contributed by atoms with Crippen LogP contribution in [0.4, 0.5) is 0 Å². The minimum Gasteiger partial charge on any atom is -0.491 e. The fraction of sp³-hybridized carbons (Fsp3) is 0.231. The first kappa shape index (κ1) is 13.8. The summed E-state index contributed by atoms with van der Waals surface area (Å²) in [6.07, 6.45) is 3.67. The molecule has 0 saturated carbocycles. The summed E-state index contributed by atoms with van der Waals surface area (Å²) in [5.74, 6) is 1.56. The predicted octanol–water partition coefficient (Wildman–Crippen LogP) is 2.56. The van der Waals surface area contributed by atoms with Crippen LogP contribution in [0.2, 0.25) is 5.02 Å². The molecule has 0 fully saturated rings. The average Bonchev–Trinajstić information content (AvgIpc) is 2.75. The Bertz CT molecular complexity index is 597. The number of aryl methyl sites for hydroxylation is 1. The van der Waals surface area contributed by atoms with E-state index >= 15 is 0 Å². The Balaban J connectivity index is 2.06. The number of hydrogen-bond donors (Lipinski definition) is 1. The molecule has 100 valence electrons. The molecule has 0 bridgehead atoms. The molecule has 0 aliphatic heterocycles. The molecule has 0 unspecified atom stereocenters. The third kappa shape index (κ3) is 3.24. The lowest BCUT2D eigenvalue weighted by Crippen LogP contribution is -2.14. The minimum absolute atomic E-state index is 0.236. The average molecular weight is 296 g/mol. The second-order valence-corrected chi connectivity index (χ2v) is 4.84. The molecule has 19 heavy (non-hydrogen) atoms. The smallest absolute Gasteiger partial charge is 0.131 e. The largest absolute Gasteiger partial charge is 0.491 e. The number of aromatic nitrogens is 2. The van der Waals surface area contributed by atoms with E-state index in [-0.39, 0.29) is 4.99 Å². The van der Waals surface area contributed by atoms with Crippen molar-refractivity contribution in [2.45, 2.75) is 13.5 Å². The standard InChI is InChI=1S/C13H14ClN3OS/c1-9-16-5-6-17(9)7-8-18-11-4-2-3-10(14)12(11)13(15)19/h2-6H,7-8H2,1H3,(H2,15,19). The lowest BCUT2D eigenvalue weighted by Gasteiger charge is -2.12. The molecule has 0 spiro atoms. The van der Waals surface area contributed by atoms with E-state index in [0.29, 0.717) is 29.5 Å². The molecule has 0 aliphatic carbocycles. The van der Waals surface area contributed by atoms with E-state index in [1.54, 1.807) is 18.3 Å². The van der Waals surface area contributed by atoms with Crippen molar-refractivity contribution in [3.05, 3.63) is 47.0 Å². The van der Waals surface area contributed by atoms with Gasteiger partial charge in [-0.05, 0) is 19.1 Å². The third-order valence-electron chi connectivity index (χ3n) is 2.74. The van der Waals surface area contributed by atoms with E-state index in [2.05, 4.69) is 4.98 Å². The monoisotopic (exact) mass is 295 g/mol. The SMILES string of the molecule is Cc1nccn1CCOc1cccc(Cl)c1C(N)=S. The molecule has 0 atom stereocenters. The van der Waals surface area contributed by atoms with Gasteiger partial charge in [0.2, 0.25) is 0 Å². The summed E-state index contributed by atoms with van der Waals surface area (Å²) in [6.45, 7) is 3.14. The van der Waals surface area contributed by atoms with Gasteiger partial charge in [-0.3, -0.25) is 0 Å². The molecule has 1 heterocycles. The highest BCUT2D eigenvalue weighted by molar-refractivity contribution is 7.80. The zero-order valence-corrected chi connectivity index (χ0v) is 12.0. The number of thiocarbonyl (C=S) groups is 1. The first-order valence-electron chi connectivity index (χ1n) is 5.78. The van der Waals surface area contributed by atoms with Gasteiger partial charge in [-0.1, -0.05) is 29.9 Å². The van der Waals surface area contributed by atoms with Gasteiger partial charge in [-0.15, -0.1) is 0 Å². The van der Waals surface area contributed by atoms with Crippen molar-refractivity contribution in [3.63, 3.8) is 0 Å². The van der Waals surface area contributed by atoms with Gasteiger partial charge in [0.15, 0.2) is 0 Å². The number of rotatable bonds is 5. The van der Waals surface area contributed by atoms with Crippen LogP contribution in [-0.2, 0) is 6.54 Å². The van der Waals surface area contributed by atoms with Crippen molar-refractivity contribution in [3.8, 4) is 5.75 Å². The van der Waals surface area contributed by atoms with Crippen LogP contribution in [-0.4, -0.2) is 21.1 Å². The Morgan fingerprint density at radius 1 is 1.53 bits per heavy atom. The zero-order chi connectivity index (χ0) is 13.8. The predicted molar refractivity (Wildman–Crippen MR) is 79.8 cm³/mol. The highest BCUT2D eigenvalue weighted by Gasteiger charge is 2.10. The molecule has 4 nitrogen and oxygen atoms in total. The molecule has 2 N–H and O–H groups in total. The maximum Gasteiger partial charge on any atom is 0.131 e. The molecular weight excluding hydrogens is 282 g/mol. The van der Waals surface area contributed by atoms with Crippen LogP contribution >= 0.6 is 23.8 Å². The van der Waals surface area contributed by atoms with E-state index in [1.165, 1.54) is 0 Å². The minimum atomic E-state index is 0.236. The number of hydrogen-bond acceptors (Lipinski definition) is 3. The first-order valence-corrected chi connectivity index (χ1v) is 6.57. The zero-order valence-electron chi connectivity index (χ0n) is 10.5. The van der Waals surface area contributed by atoms with Crippen molar-refractivity contribution in [2.75, 3.05) is 6.61 Å². The Hall–Kier alpha value is -1.59. The van der Waals surface area contributed by atoms with E-state index < -0.39 is 0 Å². The second kappa shape index (κ2) is 6.04. The first-order chi connectivity index (χ1) is 9.09. The van der Waals surface area contributed by atoms with Gasteiger partial charge >= 0.3 is 0 Å². The maximum absolute atomic E-state index is 6.07. The molecule has 0 amide bonds. The number of ether oxygens (including phenoxy) is 1. The van der Waals surface area contributed by atoms with Gasteiger partial charge in [-0.2, -0.15) is 0 Å². The van der Waals surface area contributed by atoms with Crippen LogP contribution in [0.15, 0.2) is 30.6 Å². The molecule has 0 radical (unpaired) electrons. The number of benzene rings is 1. The van der Waals surface area contributed by atoms with Gasteiger partial charge in [0.05, 0.1) is 17.1 Å². The Morgan fingerprint density at radius 2 is 2.32 bits per heavy atom. The van der Waals surface area contributed by atoms with Crippen molar-refractivity contribution >= 4 is 28.8 Å². The molecule has 2 rings (SSSR count). The highest BCUT2D eigenvalue weighted by Crippen LogP contribution is 2.26. The van der Waals surface area contributed by atoms with Crippen LogP contribution in [0.3, 0.4) is 0 Å². The topological polar surface area (TPSA) is 53.1 Å². The third-order valence-corrected chi connectivity index (χ3v) is 3.25. The van der Waals surface area contributed by atoms with Crippen molar-refractivity contribution in [2.24, 2.45) is 5.73 Å². The molecule has 0 aliphatic rings. The number of imidazole rings is 1. The molecule has 1 aromatic heterocycles. The van der Waals surface area contributed by atoms with E-state index in [4.69, 9.17) is 34.3 Å². The number of nitrogens with zero attached hydrogens (tertiary/aromatic N) is 2. The second-order valence-electron chi connectivity index (χ2n) is 3.99. The molecular formula is C13H14ClN3OS. The number of nitrogens with two attached hydrogens (primary N) is 1. The van der Waals surface area contributed by atoms with Gasteiger partial charge in [0.25, 0.3) is 0 Å². The van der Waals surface area contributed by atoms with Gasteiger partial charge < -0.3 is 15.0 Å². The van der Waals surface area contributed by atoms with Crippen LogP contribution in [0.25, 0.3) is 0 Å². The van der Waals surface area contributed by atoms with Gasteiger partial charge in [-0.25, -0.2) is 4.98 Å². The molecule has 6 heteroatoms. The van der Waals surface area contributed by atoms with Gasteiger partial charge in [0, 0.05) is 12.4 Å². The summed E-state index contributed by atoms with van der Waals surface area (Å²) in [5.41, 5.74) is 6.24. The lowest BCUT2D eigenvalue weighted by atomic mass is 10.2. The summed E-state index contributed by atoms with van der Waals surface area (Å²) < 4.78 is 7.71. The summed E-state index contributed by atoms with van der Waals surface area (Å²) in [4.78, 5) is 4.38. The highest BCUT2D eigenvalue weighted by atomic mass is 35.5. The number of halogens is 1. The van der Waals surface area contributed by atoms with Crippen molar-refractivity contribution in [1.82, 2.24) is 9.55 Å². The summed E-state index contributed by atoms with van der Waals surface area (Å²) >= 11 is 11.1. The Morgan fingerprint density at radius 3 is 2.95 bits per heavy atom. The summed E-state index contributed by atoms with van der Waals surface area (Å²) in [6, 6.07) is 5.35.